The summed E-state index contributed by atoms with van der Waals surface area (Å²) in [5.74, 6) is 1.50. The molecule has 0 bridgehead atoms. The van der Waals surface area contributed by atoms with Crippen molar-refractivity contribution in [3.05, 3.63) is 77.5 Å². The molecule has 0 spiro atoms. The van der Waals surface area contributed by atoms with Gasteiger partial charge in [0.2, 0.25) is 5.91 Å². The van der Waals surface area contributed by atoms with Crippen LogP contribution in [0.3, 0.4) is 0 Å². The molecule has 192 valence electrons. The lowest BCUT2D eigenvalue weighted by atomic mass is 10.1. The van der Waals surface area contributed by atoms with Crippen LogP contribution in [0, 0.1) is 12.7 Å². The Balaban J connectivity index is 1.25. The molecule has 1 amide bonds. The molecule has 38 heavy (non-hydrogen) atoms. The van der Waals surface area contributed by atoms with Crippen LogP contribution in [0.25, 0.3) is 21.8 Å². The lowest BCUT2D eigenvalue weighted by Crippen LogP contribution is -2.30. The number of amides is 1. The average molecular weight is 512 g/mol. The fourth-order valence-corrected chi connectivity index (χ4v) is 5.19. The Bertz CT molecular complexity index is 1710. The minimum atomic E-state index is -0.314. The lowest BCUT2D eigenvalue weighted by Gasteiger charge is -2.18. The van der Waals surface area contributed by atoms with E-state index in [4.69, 9.17) is 9.47 Å². The van der Waals surface area contributed by atoms with Crippen molar-refractivity contribution in [3.63, 3.8) is 0 Å². The smallest absolute Gasteiger partial charge is 0.231 e. The summed E-state index contributed by atoms with van der Waals surface area (Å²) < 4.78 is 24.7. The number of hydrogen-bond acceptors (Lipinski definition) is 6. The van der Waals surface area contributed by atoms with Crippen molar-refractivity contribution in [2.24, 2.45) is 0 Å². The van der Waals surface area contributed by atoms with Gasteiger partial charge in [0.15, 0.2) is 11.5 Å². The Morgan fingerprint density at radius 1 is 1.05 bits per heavy atom. The first-order valence-corrected chi connectivity index (χ1v) is 12.3. The first kappa shape index (κ1) is 23.7. The molecular formula is C29H26FN5O3. The second-order valence-corrected chi connectivity index (χ2v) is 9.31. The summed E-state index contributed by atoms with van der Waals surface area (Å²) in [7, 11) is 3.18. The topological polar surface area (TPSA) is 92.4 Å². The maximum absolute atomic E-state index is 13.9. The van der Waals surface area contributed by atoms with Crippen molar-refractivity contribution < 1.29 is 18.7 Å². The summed E-state index contributed by atoms with van der Waals surface area (Å²) in [6.45, 7) is 2.51. The number of nitrogens with one attached hydrogen (secondary N) is 2. The van der Waals surface area contributed by atoms with Gasteiger partial charge in [0.25, 0.3) is 0 Å². The van der Waals surface area contributed by atoms with Gasteiger partial charge in [0, 0.05) is 46.0 Å². The van der Waals surface area contributed by atoms with Crippen molar-refractivity contribution in [1.82, 2.24) is 15.0 Å². The van der Waals surface area contributed by atoms with E-state index >= 15 is 0 Å². The standard InChI is InChI=1S/C29H26FN5O3/c1-16-20(21-11-18(30)4-6-23(21)33-16)13-28(36)35-9-8-17-10-19(5-7-25(17)35)34-29-22-12-26(37-2)27(38-3)14-24(22)31-15-32-29/h4-7,10-12,14-15,33H,8-9,13H2,1-3H3,(H,31,32,34). The number of rotatable bonds is 6. The van der Waals surface area contributed by atoms with Crippen molar-refractivity contribution >= 4 is 44.9 Å². The number of methoxy groups -OCH3 is 2. The number of aromatic amines is 1. The molecule has 1 aliphatic heterocycles. The molecule has 8 nitrogen and oxygen atoms in total. The summed E-state index contributed by atoms with van der Waals surface area (Å²) in [5.41, 5.74) is 6.09. The molecule has 0 unspecified atom stereocenters. The molecule has 5 aromatic rings. The van der Waals surface area contributed by atoms with Gasteiger partial charge in [0.05, 0.1) is 26.2 Å². The largest absolute Gasteiger partial charge is 0.493 e. The molecule has 1 aliphatic rings. The SMILES string of the molecule is COc1cc2ncnc(Nc3ccc4c(c3)CCN4C(=O)Cc3c(C)[nH]c4ccc(F)cc34)c2cc1OC. The molecule has 0 radical (unpaired) electrons. The Morgan fingerprint density at radius 3 is 2.68 bits per heavy atom. The fourth-order valence-electron chi connectivity index (χ4n) is 5.19. The third-order valence-corrected chi connectivity index (χ3v) is 7.09. The van der Waals surface area contributed by atoms with Crippen LogP contribution in [0.1, 0.15) is 16.8 Å². The van der Waals surface area contributed by atoms with Crippen LogP contribution in [-0.2, 0) is 17.6 Å². The summed E-state index contributed by atoms with van der Waals surface area (Å²) in [4.78, 5) is 27.2. The van der Waals surface area contributed by atoms with E-state index < -0.39 is 0 Å². The van der Waals surface area contributed by atoms with E-state index in [0.717, 1.165) is 56.4 Å². The number of fused-ring (bicyclic) bond motifs is 3. The zero-order valence-electron chi connectivity index (χ0n) is 21.3. The number of aromatic nitrogens is 3. The predicted octanol–water partition coefficient (Wildman–Crippen LogP) is 5.45. The highest BCUT2D eigenvalue weighted by Gasteiger charge is 2.26. The zero-order valence-corrected chi connectivity index (χ0v) is 21.3. The van der Waals surface area contributed by atoms with Crippen molar-refractivity contribution in [3.8, 4) is 11.5 Å². The van der Waals surface area contributed by atoms with E-state index in [2.05, 4.69) is 20.3 Å². The van der Waals surface area contributed by atoms with Gasteiger partial charge >= 0.3 is 0 Å². The number of benzene rings is 3. The first-order chi connectivity index (χ1) is 18.4. The summed E-state index contributed by atoms with van der Waals surface area (Å²) in [6, 6.07) is 14.2. The summed E-state index contributed by atoms with van der Waals surface area (Å²) in [5, 5.41) is 4.94. The molecule has 9 heteroatoms. The van der Waals surface area contributed by atoms with Crippen LogP contribution in [0.15, 0.2) is 54.9 Å². The normalized spacial score (nSPS) is 12.7. The second-order valence-electron chi connectivity index (χ2n) is 9.31. The van der Waals surface area contributed by atoms with Crippen molar-refractivity contribution in [2.45, 2.75) is 19.8 Å². The van der Waals surface area contributed by atoms with E-state index in [1.807, 2.05) is 42.2 Å². The first-order valence-electron chi connectivity index (χ1n) is 12.3. The average Bonchev–Trinajstić information content (AvgIpc) is 3.48. The van der Waals surface area contributed by atoms with Crippen LogP contribution in [-0.4, -0.2) is 41.6 Å². The molecular weight excluding hydrogens is 485 g/mol. The third kappa shape index (κ3) is 4.06. The van der Waals surface area contributed by atoms with E-state index in [-0.39, 0.29) is 18.1 Å². The van der Waals surface area contributed by atoms with E-state index in [0.29, 0.717) is 23.9 Å². The summed E-state index contributed by atoms with van der Waals surface area (Å²) >= 11 is 0. The lowest BCUT2D eigenvalue weighted by molar-refractivity contribution is -0.117. The highest BCUT2D eigenvalue weighted by Crippen LogP contribution is 2.36. The molecule has 0 saturated carbocycles. The number of carbonyl (C=O) groups is 1. The van der Waals surface area contributed by atoms with Gasteiger partial charge in [-0.2, -0.15) is 0 Å². The molecule has 0 aliphatic carbocycles. The fraction of sp³-hybridized carbons (Fsp3) is 0.207. The number of H-pyrrole nitrogens is 1. The second kappa shape index (κ2) is 9.33. The Hall–Kier alpha value is -4.66. The van der Waals surface area contributed by atoms with E-state index in [1.54, 1.807) is 20.3 Å². The molecule has 0 atom stereocenters. The molecule has 0 fully saturated rings. The molecule has 2 aromatic heterocycles. The minimum Gasteiger partial charge on any atom is -0.493 e. The Labute approximate surface area is 218 Å². The van der Waals surface area contributed by atoms with Gasteiger partial charge in [-0.15, -0.1) is 0 Å². The quantitative estimate of drug-likeness (QED) is 0.315. The predicted molar refractivity (Wildman–Crippen MR) is 145 cm³/mol. The van der Waals surface area contributed by atoms with Gasteiger partial charge in [-0.25, -0.2) is 14.4 Å². The minimum absolute atomic E-state index is 0.0134. The van der Waals surface area contributed by atoms with E-state index in [9.17, 15) is 9.18 Å². The molecule has 3 heterocycles. The number of nitrogens with zero attached hydrogens (tertiary/aromatic N) is 3. The molecule has 6 rings (SSSR count). The number of hydrogen-bond donors (Lipinski definition) is 2. The van der Waals surface area contributed by atoms with Crippen LogP contribution in [0.5, 0.6) is 11.5 Å². The molecule has 2 N–H and O–H groups in total. The highest BCUT2D eigenvalue weighted by molar-refractivity contribution is 6.00. The number of ether oxygens (including phenoxy) is 2. The van der Waals surface area contributed by atoms with E-state index in [1.165, 1.54) is 18.5 Å². The number of aryl methyl sites for hydroxylation is 1. The third-order valence-electron chi connectivity index (χ3n) is 7.09. The van der Waals surface area contributed by atoms with Crippen LogP contribution >= 0.6 is 0 Å². The van der Waals surface area contributed by atoms with Crippen molar-refractivity contribution in [2.75, 3.05) is 31.0 Å². The van der Waals surface area contributed by atoms with Crippen LogP contribution < -0.4 is 19.7 Å². The van der Waals surface area contributed by atoms with Gasteiger partial charge < -0.3 is 24.7 Å². The van der Waals surface area contributed by atoms with Crippen LogP contribution in [0.4, 0.5) is 21.6 Å². The van der Waals surface area contributed by atoms with Crippen molar-refractivity contribution in [1.29, 1.82) is 0 Å². The number of carbonyl (C=O) groups excluding carboxylic acids is 1. The Morgan fingerprint density at radius 2 is 1.87 bits per heavy atom. The van der Waals surface area contributed by atoms with Gasteiger partial charge in [-0.1, -0.05) is 0 Å². The van der Waals surface area contributed by atoms with Gasteiger partial charge in [-0.05, 0) is 66.9 Å². The van der Waals surface area contributed by atoms with Gasteiger partial charge in [-0.3, -0.25) is 4.79 Å². The summed E-state index contributed by atoms with van der Waals surface area (Å²) in [6.07, 6.45) is 2.45. The van der Waals surface area contributed by atoms with Gasteiger partial charge in [0.1, 0.15) is 18.0 Å². The van der Waals surface area contributed by atoms with Crippen LogP contribution in [0.2, 0.25) is 0 Å². The molecule has 3 aromatic carbocycles. The monoisotopic (exact) mass is 511 g/mol. The number of halogens is 1. The zero-order chi connectivity index (χ0) is 26.4. The number of anilines is 3. The maximum Gasteiger partial charge on any atom is 0.231 e. The Kier molecular flexibility index (Phi) is 5.83. The molecule has 0 saturated heterocycles. The maximum atomic E-state index is 13.9. The highest BCUT2D eigenvalue weighted by atomic mass is 19.1.